The Morgan fingerprint density at radius 1 is 0.955 bits per heavy atom. The van der Waals surface area contributed by atoms with Crippen molar-refractivity contribution in [2.75, 3.05) is 0 Å². The summed E-state index contributed by atoms with van der Waals surface area (Å²) in [6.07, 6.45) is 4.49. The number of aliphatic hydroxyl groups excluding tert-OH is 2. The van der Waals surface area contributed by atoms with E-state index in [-0.39, 0.29) is 10.8 Å². The lowest BCUT2D eigenvalue weighted by Gasteiger charge is -2.64. The van der Waals surface area contributed by atoms with E-state index in [0.29, 0.717) is 23.2 Å². The number of hydrogen-bond acceptors (Lipinski definition) is 2. The standard InChI is InChI=1S/C20H34O2/c1-12(2)13-7-8-16-19(13,5)10-9-15-18(3,4)17(22)14(21)11-20(15,16)6/h13-17,21-22H,1,7-11H2,2-6H3/t13-,14-,15-,16-,17-,19-,20-/m0/s1. The summed E-state index contributed by atoms with van der Waals surface area (Å²) in [7, 11) is 0. The first-order valence-electron chi connectivity index (χ1n) is 9.06. The summed E-state index contributed by atoms with van der Waals surface area (Å²) in [5.41, 5.74) is 1.60. The number of rotatable bonds is 1. The number of hydrogen-bond donors (Lipinski definition) is 2. The lowest BCUT2D eigenvalue weighted by atomic mass is 9.42. The first-order valence-corrected chi connectivity index (χ1v) is 9.06. The van der Waals surface area contributed by atoms with Gasteiger partial charge in [-0.2, -0.15) is 0 Å². The molecule has 126 valence electrons. The van der Waals surface area contributed by atoms with Crippen LogP contribution in [0.3, 0.4) is 0 Å². The normalized spacial score (nSPS) is 53.7. The largest absolute Gasteiger partial charge is 0.390 e. The highest BCUT2D eigenvalue weighted by Gasteiger charge is 2.65. The van der Waals surface area contributed by atoms with Gasteiger partial charge in [0.2, 0.25) is 0 Å². The zero-order valence-electron chi connectivity index (χ0n) is 15.0. The Labute approximate surface area is 136 Å². The van der Waals surface area contributed by atoms with Gasteiger partial charge in [-0.05, 0) is 73.0 Å². The lowest BCUT2D eigenvalue weighted by molar-refractivity contribution is -0.207. The molecule has 2 nitrogen and oxygen atoms in total. The van der Waals surface area contributed by atoms with Crippen LogP contribution in [-0.2, 0) is 0 Å². The van der Waals surface area contributed by atoms with Crippen LogP contribution in [0.4, 0.5) is 0 Å². The van der Waals surface area contributed by atoms with E-state index in [0.717, 1.165) is 6.42 Å². The fraction of sp³-hybridized carbons (Fsp3) is 0.900. The molecule has 0 aromatic heterocycles. The molecule has 2 heteroatoms. The molecule has 0 heterocycles. The van der Waals surface area contributed by atoms with Gasteiger partial charge in [0, 0.05) is 0 Å². The monoisotopic (exact) mass is 306 g/mol. The van der Waals surface area contributed by atoms with E-state index in [2.05, 4.69) is 41.2 Å². The molecule has 0 aliphatic heterocycles. The molecule has 3 saturated carbocycles. The maximum Gasteiger partial charge on any atom is 0.0852 e. The lowest BCUT2D eigenvalue weighted by Crippen LogP contribution is -2.62. The van der Waals surface area contributed by atoms with E-state index in [9.17, 15) is 10.2 Å². The van der Waals surface area contributed by atoms with Crippen LogP contribution in [0.1, 0.15) is 66.7 Å². The fourth-order valence-corrected chi connectivity index (χ4v) is 7.27. The fourth-order valence-electron chi connectivity index (χ4n) is 7.27. The Morgan fingerprint density at radius 2 is 1.59 bits per heavy atom. The molecule has 7 atom stereocenters. The van der Waals surface area contributed by atoms with Gasteiger partial charge in [0.25, 0.3) is 0 Å². The van der Waals surface area contributed by atoms with Crippen molar-refractivity contribution in [3.63, 3.8) is 0 Å². The summed E-state index contributed by atoms with van der Waals surface area (Å²) in [5, 5.41) is 21.1. The van der Waals surface area contributed by atoms with Crippen LogP contribution < -0.4 is 0 Å². The van der Waals surface area contributed by atoms with Crippen molar-refractivity contribution in [3.05, 3.63) is 12.2 Å². The zero-order chi connectivity index (χ0) is 16.5. The summed E-state index contributed by atoms with van der Waals surface area (Å²) >= 11 is 0. The van der Waals surface area contributed by atoms with E-state index in [4.69, 9.17) is 0 Å². The highest BCUT2D eigenvalue weighted by atomic mass is 16.3. The van der Waals surface area contributed by atoms with Gasteiger partial charge in [-0.3, -0.25) is 0 Å². The third-order valence-electron chi connectivity index (χ3n) is 8.17. The number of aliphatic hydroxyl groups is 2. The Bertz CT molecular complexity index is 482. The van der Waals surface area contributed by atoms with Gasteiger partial charge < -0.3 is 10.2 Å². The molecule has 3 aliphatic carbocycles. The van der Waals surface area contributed by atoms with E-state index in [1.807, 2.05) is 0 Å². The first kappa shape index (κ1) is 16.5. The van der Waals surface area contributed by atoms with Gasteiger partial charge in [0.1, 0.15) is 0 Å². The maximum atomic E-state index is 10.5. The average molecular weight is 306 g/mol. The van der Waals surface area contributed by atoms with Gasteiger partial charge >= 0.3 is 0 Å². The minimum atomic E-state index is -0.590. The molecule has 0 spiro atoms. The third kappa shape index (κ3) is 1.92. The quantitative estimate of drug-likeness (QED) is 0.714. The molecule has 3 rings (SSSR count). The van der Waals surface area contributed by atoms with Crippen molar-refractivity contribution in [2.24, 2.45) is 34.0 Å². The van der Waals surface area contributed by atoms with E-state index >= 15 is 0 Å². The second-order valence-corrected chi connectivity index (χ2v) is 9.67. The predicted molar refractivity (Wildman–Crippen MR) is 90.4 cm³/mol. The molecule has 3 aliphatic rings. The van der Waals surface area contributed by atoms with Crippen LogP contribution in [-0.4, -0.2) is 22.4 Å². The molecular weight excluding hydrogens is 272 g/mol. The molecular formula is C20H34O2. The van der Waals surface area contributed by atoms with Gasteiger partial charge in [-0.25, -0.2) is 0 Å². The van der Waals surface area contributed by atoms with Crippen molar-refractivity contribution >= 4 is 0 Å². The maximum absolute atomic E-state index is 10.5. The van der Waals surface area contributed by atoms with Crippen molar-refractivity contribution in [1.82, 2.24) is 0 Å². The summed E-state index contributed by atoms with van der Waals surface area (Å²) < 4.78 is 0. The van der Waals surface area contributed by atoms with Crippen LogP contribution in [0.5, 0.6) is 0 Å². The molecule has 0 bridgehead atoms. The Hall–Kier alpha value is -0.340. The second kappa shape index (κ2) is 4.83. The van der Waals surface area contributed by atoms with E-state index < -0.39 is 12.2 Å². The Balaban J connectivity index is 2.02. The molecule has 0 aromatic rings. The minimum Gasteiger partial charge on any atom is -0.390 e. The molecule has 3 fully saturated rings. The van der Waals surface area contributed by atoms with Gasteiger partial charge in [0.15, 0.2) is 0 Å². The summed E-state index contributed by atoms with van der Waals surface area (Å²) in [5.74, 6) is 1.77. The summed E-state index contributed by atoms with van der Waals surface area (Å²) in [6, 6.07) is 0. The van der Waals surface area contributed by atoms with Crippen molar-refractivity contribution in [3.8, 4) is 0 Å². The van der Waals surface area contributed by atoms with E-state index in [1.54, 1.807) is 0 Å². The Kier molecular flexibility index (Phi) is 3.63. The topological polar surface area (TPSA) is 40.5 Å². The van der Waals surface area contributed by atoms with Crippen molar-refractivity contribution in [2.45, 2.75) is 78.9 Å². The van der Waals surface area contributed by atoms with Crippen molar-refractivity contribution in [1.29, 1.82) is 0 Å². The second-order valence-electron chi connectivity index (χ2n) is 9.67. The number of fused-ring (bicyclic) bond motifs is 3. The number of allylic oxidation sites excluding steroid dienone is 1. The van der Waals surface area contributed by atoms with Crippen LogP contribution in [0.25, 0.3) is 0 Å². The van der Waals surface area contributed by atoms with Crippen molar-refractivity contribution < 1.29 is 10.2 Å². The SMILES string of the molecule is C=C(C)[C@@H]1CC[C@H]2[C@@]1(C)CC[C@H]1C(C)(C)[C@@H](O)[C@@H](O)C[C@]21C. The molecule has 0 aromatic carbocycles. The van der Waals surface area contributed by atoms with Crippen LogP contribution in [0.15, 0.2) is 12.2 Å². The first-order chi connectivity index (χ1) is 10.0. The Morgan fingerprint density at radius 3 is 2.18 bits per heavy atom. The van der Waals surface area contributed by atoms with Crippen LogP contribution >= 0.6 is 0 Å². The van der Waals surface area contributed by atoms with Gasteiger partial charge in [-0.15, -0.1) is 0 Å². The molecule has 0 saturated heterocycles. The molecule has 0 unspecified atom stereocenters. The molecule has 2 N–H and O–H groups in total. The van der Waals surface area contributed by atoms with Crippen LogP contribution in [0, 0.1) is 34.0 Å². The molecule has 22 heavy (non-hydrogen) atoms. The van der Waals surface area contributed by atoms with Crippen LogP contribution in [0.2, 0.25) is 0 Å². The van der Waals surface area contributed by atoms with E-state index in [1.165, 1.54) is 31.3 Å². The minimum absolute atomic E-state index is 0.138. The summed E-state index contributed by atoms with van der Waals surface area (Å²) in [4.78, 5) is 0. The average Bonchev–Trinajstić information content (AvgIpc) is 2.75. The molecule has 0 amide bonds. The highest BCUT2D eigenvalue weighted by Crippen LogP contribution is 2.70. The molecule has 0 radical (unpaired) electrons. The van der Waals surface area contributed by atoms with Gasteiger partial charge in [-0.1, -0.05) is 39.8 Å². The predicted octanol–water partition coefficient (Wildman–Crippen LogP) is 4.16. The highest BCUT2D eigenvalue weighted by molar-refractivity contribution is 5.18. The van der Waals surface area contributed by atoms with Gasteiger partial charge in [0.05, 0.1) is 12.2 Å². The third-order valence-corrected chi connectivity index (χ3v) is 8.17. The smallest absolute Gasteiger partial charge is 0.0852 e. The summed E-state index contributed by atoms with van der Waals surface area (Å²) in [6.45, 7) is 15.7. The zero-order valence-corrected chi connectivity index (χ0v) is 15.0.